The highest BCUT2D eigenvalue weighted by molar-refractivity contribution is 7.92. The van der Waals surface area contributed by atoms with E-state index in [-0.39, 0.29) is 10.6 Å². The monoisotopic (exact) mass is 554 g/mol. The number of alkyl halides is 3. The van der Waals surface area contributed by atoms with Gasteiger partial charge in [-0.05, 0) is 61.4 Å². The van der Waals surface area contributed by atoms with Gasteiger partial charge in [0.15, 0.2) is 0 Å². The molecule has 1 amide bonds. The minimum atomic E-state index is -4.82. The highest BCUT2D eigenvalue weighted by Crippen LogP contribution is 2.38. The number of nitrogens with zero attached hydrogens (tertiary/aromatic N) is 1. The number of carbonyl (C=O) groups excluding carboxylic acids is 1. The van der Waals surface area contributed by atoms with Gasteiger partial charge >= 0.3 is 6.18 Å². The Kier molecular flexibility index (Phi) is 8.76. The standard InChI is InChI=1S/C26H26ClF3N2O4S/c1-4-24(18-7-10-20(36-3)11-8-18)31-25(33)16-32(37(34,35)21-12-5-17(2)6-13-21)19-9-14-23(27)22(15-19)26(28,29)30/h5-15,24H,4,16H2,1-3H3,(H,31,33)/t24-/m0/s1. The van der Waals surface area contributed by atoms with Crippen LogP contribution in [0.15, 0.2) is 71.6 Å². The first-order chi connectivity index (χ1) is 17.4. The maximum absolute atomic E-state index is 13.5. The van der Waals surface area contributed by atoms with Crippen LogP contribution in [-0.4, -0.2) is 28.0 Å². The Morgan fingerprint density at radius 3 is 2.22 bits per heavy atom. The number of sulfonamides is 1. The average Bonchev–Trinajstić information content (AvgIpc) is 2.86. The minimum absolute atomic E-state index is 0.170. The number of carbonyl (C=O) groups is 1. The maximum Gasteiger partial charge on any atom is 0.417 e. The Balaban J connectivity index is 1.99. The predicted octanol–water partition coefficient (Wildman–Crippen LogP) is 6.14. The van der Waals surface area contributed by atoms with Gasteiger partial charge in [0.05, 0.1) is 34.3 Å². The summed E-state index contributed by atoms with van der Waals surface area (Å²) >= 11 is 5.74. The van der Waals surface area contributed by atoms with Crippen LogP contribution < -0.4 is 14.4 Å². The zero-order valence-electron chi connectivity index (χ0n) is 20.3. The molecule has 0 bridgehead atoms. The summed E-state index contributed by atoms with van der Waals surface area (Å²) in [4.78, 5) is 12.9. The fourth-order valence-electron chi connectivity index (χ4n) is 3.67. The lowest BCUT2D eigenvalue weighted by molar-refractivity contribution is -0.137. The number of amides is 1. The lowest BCUT2D eigenvalue weighted by Gasteiger charge is -2.26. The van der Waals surface area contributed by atoms with E-state index in [0.717, 1.165) is 23.3 Å². The average molecular weight is 555 g/mol. The molecule has 0 aromatic heterocycles. The molecule has 3 aromatic carbocycles. The summed E-state index contributed by atoms with van der Waals surface area (Å²) in [7, 11) is -2.89. The van der Waals surface area contributed by atoms with Gasteiger partial charge in [0.1, 0.15) is 12.3 Å². The highest BCUT2D eigenvalue weighted by atomic mass is 35.5. The van der Waals surface area contributed by atoms with Crippen LogP contribution >= 0.6 is 11.6 Å². The van der Waals surface area contributed by atoms with Gasteiger partial charge in [-0.2, -0.15) is 13.2 Å². The van der Waals surface area contributed by atoms with Crippen molar-refractivity contribution in [2.45, 2.75) is 37.4 Å². The Labute approximate surface area is 219 Å². The predicted molar refractivity (Wildman–Crippen MR) is 136 cm³/mol. The van der Waals surface area contributed by atoms with E-state index in [4.69, 9.17) is 16.3 Å². The van der Waals surface area contributed by atoms with Gasteiger partial charge < -0.3 is 10.1 Å². The number of hydrogen-bond donors (Lipinski definition) is 1. The summed E-state index contributed by atoms with van der Waals surface area (Å²) in [5.74, 6) is -0.0645. The largest absolute Gasteiger partial charge is 0.497 e. The van der Waals surface area contributed by atoms with Gasteiger partial charge in [-0.1, -0.05) is 48.4 Å². The number of ether oxygens (including phenoxy) is 1. The molecule has 0 aliphatic carbocycles. The van der Waals surface area contributed by atoms with Crippen molar-refractivity contribution in [3.63, 3.8) is 0 Å². The molecule has 0 saturated heterocycles. The number of nitrogens with one attached hydrogen (secondary N) is 1. The Bertz CT molecular complexity index is 1350. The Morgan fingerprint density at radius 1 is 1.05 bits per heavy atom. The summed E-state index contributed by atoms with van der Waals surface area (Å²) in [5, 5.41) is 2.19. The second-order valence-electron chi connectivity index (χ2n) is 8.29. The number of methoxy groups -OCH3 is 1. The summed E-state index contributed by atoms with van der Waals surface area (Å²) in [5.41, 5.74) is 0.000564. The van der Waals surface area contributed by atoms with Crippen molar-refractivity contribution in [2.75, 3.05) is 18.0 Å². The van der Waals surface area contributed by atoms with E-state index in [2.05, 4.69) is 5.32 Å². The van der Waals surface area contributed by atoms with Crippen molar-refractivity contribution in [1.82, 2.24) is 5.32 Å². The molecule has 198 valence electrons. The molecule has 1 atom stereocenters. The van der Waals surface area contributed by atoms with Crippen LogP contribution in [-0.2, 0) is 21.0 Å². The number of benzene rings is 3. The van der Waals surface area contributed by atoms with Crippen LogP contribution in [0.3, 0.4) is 0 Å². The van der Waals surface area contributed by atoms with Gasteiger partial charge in [-0.15, -0.1) is 0 Å². The topological polar surface area (TPSA) is 75.7 Å². The lowest BCUT2D eigenvalue weighted by atomic mass is 10.0. The maximum atomic E-state index is 13.5. The molecule has 0 aliphatic rings. The van der Waals surface area contributed by atoms with Gasteiger partial charge in [0, 0.05) is 0 Å². The van der Waals surface area contributed by atoms with Gasteiger partial charge in [-0.3, -0.25) is 9.10 Å². The molecule has 37 heavy (non-hydrogen) atoms. The minimum Gasteiger partial charge on any atom is -0.497 e. The van der Waals surface area contributed by atoms with Crippen LogP contribution in [0.4, 0.5) is 18.9 Å². The Morgan fingerprint density at radius 2 is 1.68 bits per heavy atom. The van der Waals surface area contributed by atoms with E-state index < -0.39 is 45.3 Å². The molecule has 0 saturated carbocycles. The number of rotatable bonds is 9. The third-order valence-electron chi connectivity index (χ3n) is 5.70. The molecule has 11 heteroatoms. The first-order valence-corrected chi connectivity index (χ1v) is 13.1. The molecule has 0 spiro atoms. The number of anilines is 1. The van der Waals surface area contributed by atoms with E-state index in [1.807, 2.05) is 6.92 Å². The fraction of sp³-hybridized carbons (Fsp3) is 0.269. The van der Waals surface area contributed by atoms with Crippen LogP contribution in [0, 0.1) is 6.92 Å². The number of aryl methyl sites for hydroxylation is 1. The van der Waals surface area contributed by atoms with Crippen LogP contribution in [0.25, 0.3) is 0 Å². The molecule has 0 radical (unpaired) electrons. The second kappa shape index (κ2) is 11.4. The van der Waals surface area contributed by atoms with Crippen molar-refractivity contribution in [2.24, 2.45) is 0 Å². The van der Waals surface area contributed by atoms with E-state index in [0.29, 0.717) is 22.5 Å². The van der Waals surface area contributed by atoms with Crippen molar-refractivity contribution in [3.05, 3.63) is 88.4 Å². The molecular weight excluding hydrogens is 529 g/mol. The molecule has 0 unspecified atom stereocenters. The Hall–Kier alpha value is -3.24. The van der Waals surface area contributed by atoms with Gasteiger partial charge in [-0.25, -0.2) is 8.42 Å². The molecular formula is C26H26ClF3N2O4S. The second-order valence-corrected chi connectivity index (χ2v) is 10.6. The first-order valence-electron chi connectivity index (χ1n) is 11.3. The molecule has 0 fully saturated rings. The van der Waals surface area contributed by atoms with Crippen molar-refractivity contribution in [3.8, 4) is 5.75 Å². The molecule has 0 heterocycles. The number of halogens is 4. The summed E-state index contributed by atoms with van der Waals surface area (Å²) < 4.78 is 73.5. The summed E-state index contributed by atoms with van der Waals surface area (Å²) in [6.45, 7) is 2.85. The molecule has 6 nitrogen and oxygen atoms in total. The van der Waals surface area contributed by atoms with E-state index >= 15 is 0 Å². The first kappa shape index (κ1) is 28.3. The third-order valence-corrected chi connectivity index (χ3v) is 7.82. The summed E-state index contributed by atoms with van der Waals surface area (Å²) in [6.07, 6.45) is -4.34. The fourth-order valence-corrected chi connectivity index (χ4v) is 5.30. The van der Waals surface area contributed by atoms with E-state index in [1.165, 1.54) is 19.2 Å². The third kappa shape index (κ3) is 6.75. The van der Waals surface area contributed by atoms with Crippen molar-refractivity contribution in [1.29, 1.82) is 0 Å². The molecule has 3 aromatic rings. The quantitative estimate of drug-likeness (QED) is 0.345. The van der Waals surface area contributed by atoms with E-state index in [9.17, 15) is 26.4 Å². The molecule has 0 aliphatic heterocycles. The van der Waals surface area contributed by atoms with Gasteiger partial charge in [0.2, 0.25) is 5.91 Å². The zero-order chi connectivity index (χ0) is 27.4. The zero-order valence-corrected chi connectivity index (χ0v) is 21.9. The van der Waals surface area contributed by atoms with Crippen LogP contribution in [0.1, 0.15) is 36.1 Å². The molecule has 1 N–H and O–H groups in total. The van der Waals surface area contributed by atoms with E-state index in [1.54, 1.807) is 43.3 Å². The highest BCUT2D eigenvalue weighted by Gasteiger charge is 2.35. The smallest absolute Gasteiger partial charge is 0.417 e. The van der Waals surface area contributed by atoms with Crippen molar-refractivity contribution >= 4 is 33.2 Å². The normalized spacial score (nSPS) is 12.6. The SMILES string of the molecule is CC[C@H](NC(=O)CN(c1ccc(Cl)c(C(F)(F)F)c1)S(=O)(=O)c1ccc(C)cc1)c1ccc(OC)cc1. The van der Waals surface area contributed by atoms with Crippen LogP contribution in [0.2, 0.25) is 5.02 Å². The van der Waals surface area contributed by atoms with Crippen LogP contribution in [0.5, 0.6) is 5.75 Å². The summed E-state index contributed by atoms with van der Waals surface area (Å²) in [6, 6.07) is 15.0. The molecule has 3 rings (SSSR count). The van der Waals surface area contributed by atoms with Crippen molar-refractivity contribution < 1.29 is 31.1 Å². The van der Waals surface area contributed by atoms with Gasteiger partial charge in [0.25, 0.3) is 10.0 Å². The lowest BCUT2D eigenvalue weighted by Crippen LogP contribution is -2.42. The number of hydrogen-bond acceptors (Lipinski definition) is 4.